The molecule has 0 unspecified atom stereocenters. The zero-order valence-corrected chi connectivity index (χ0v) is 13.4. The molecule has 104 valence electrons. The van der Waals surface area contributed by atoms with Crippen LogP contribution in [0.1, 0.15) is 35.2 Å². The van der Waals surface area contributed by atoms with Gasteiger partial charge in [-0.25, -0.2) is 9.97 Å². The van der Waals surface area contributed by atoms with Crippen molar-refractivity contribution >= 4 is 21.7 Å². The molecule has 0 radical (unpaired) electrons. The third-order valence-electron chi connectivity index (χ3n) is 3.91. The second-order valence-electron chi connectivity index (χ2n) is 5.49. The molecule has 20 heavy (non-hydrogen) atoms. The molecule has 1 aliphatic rings. The summed E-state index contributed by atoms with van der Waals surface area (Å²) in [6, 6.07) is 4.22. The first-order chi connectivity index (χ1) is 9.56. The third-order valence-corrected chi connectivity index (χ3v) is 5.16. The molecule has 1 aliphatic carbocycles. The molecule has 0 fully saturated rings. The first kappa shape index (κ1) is 13.6. The quantitative estimate of drug-likeness (QED) is 0.859. The summed E-state index contributed by atoms with van der Waals surface area (Å²) in [6.45, 7) is 4.17. The molecule has 4 heteroatoms. The van der Waals surface area contributed by atoms with Gasteiger partial charge < -0.3 is 5.73 Å². The molecule has 3 nitrogen and oxygen atoms in total. The van der Waals surface area contributed by atoms with Crippen LogP contribution in [0.25, 0.3) is 11.4 Å². The minimum Gasteiger partial charge on any atom is -0.383 e. The van der Waals surface area contributed by atoms with Gasteiger partial charge >= 0.3 is 0 Å². The van der Waals surface area contributed by atoms with Crippen molar-refractivity contribution < 1.29 is 0 Å². The number of benzene rings is 1. The average molecular weight is 332 g/mol. The van der Waals surface area contributed by atoms with Crippen molar-refractivity contribution in [2.45, 2.75) is 39.5 Å². The molecule has 0 bridgehead atoms. The molecule has 1 heterocycles. The van der Waals surface area contributed by atoms with Crippen LogP contribution in [0.3, 0.4) is 0 Å². The summed E-state index contributed by atoms with van der Waals surface area (Å²) in [5.74, 6) is 1.41. The lowest BCUT2D eigenvalue weighted by molar-refractivity contribution is 0.666. The van der Waals surface area contributed by atoms with Gasteiger partial charge in [0.05, 0.1) is 0 Å². The molecule has 2 N–H and O–H groups in total. The Morgan fingerprint density at radius 2 is 1.70 bits per heavy atom. The van der Waals surface area contributed by atoms with Crippen LogP contribution in [0.15, 0.2) is 16.6 Å². The van der Waals surface area contributed by atoms with E-state index in [1.54, 1.807) is 0 Å². The number of halogens is 1. The highest BCUT2D eigenvalue weighted by atomic mass is 79.9. The molecule has 0 aliphatic heterocycles. The maximum Gasteiger partial charge on any atom is 0.161 e. The molecular weight excluding hydrogens is 314 g/mol. The van der Waals surface area contributed by atoms with Crippen LogP contribution >= 0.6 is 15.9 Å². The summed E-state index contributed by atoms with van der Waals surface area (Å²) in [4.78, 5) is 9.27. The highest BCUT2D eigenvalue weighted by molar-refractivity contribution is 9.10. The predicted molar refractivity (Wildman–Crippen MR) is 85.7 cm³/mol. The van der Waals surface area contributed by atoms with Crippen molar-refractivity contribution in [2.75, 3.05) is 5.73 Å². The van der Waals surface area contributed by atoms with Gasteiger partial charge in [-0.2, -0.15) is 0 Å². The van der Waals surface area contributed by atoms with Gasteiger partial charge in [-0.3, -0.25) is 0 Å². The van der Waals surface area contributed by atoms with Gasteiger partial charge in [0, 0.05) is 21.3 Å². The Kier molecular flexibility index (Phi) is 3.50. The van der Waals surface area contributed by atoms with Crippen LogP contribution in [0.4, 0.5) is 5.82 Å². The zero-order chi connectivity index (χ0) is 14.3. The van der Waals surface area contributed by atoms with Crippen molar-refractivity contribution in [3.8, 4) is 11.4 Å². The third kappa shape index (κ3) is 2.33. The van der Waals surface area contributed by atoms with Crippen LogP contribution in [-0.2, 0) is 12.8 Å². The minimum atomic E-state index is 0.655. The Bertz CT molecular complexity index is 657. The maximum absolute atomic E-state index is 6.13. The summed E-state index contributed by atoms with van der Waals surface area (Å²) < 4.78 is 1.15. The van der Waals surface area contributed by atoms with Crippen molar-refractivity contribution in [3.63, 3.8) is 0 Å². The largest absolute Gasteiger partial charge is 0.383 e. The van der Waals surface area contributed by atoms with Gasteiger partial charge in [-0.15, -0.1) is 0 Å². The second kappa shape index (κ2) is 5.17. The maximum atomic E-state index is 6.13. The van der Waals surface area contributed by atoms with Crippen LogP contribution < -0.4 is 5.73 Å². The number of hydrogen-bond acceptors (Lipinski definition) is 3. The van der Waals surface area contributed by atoms with E-state index in [-0.39, 0.29) is 0 Å². The van der Waals surface area contributed by atoms with E-state index in [1.807, 2.05) is 0 Å². The SMILES string of the molecule is Cc1cc(-c2nc(N)c3c(n2)CCCC3)cc(C)c1Br. The highest BCUT2D eigenvalue weighted by Crippen LogP contribution is 2.30. The zero-order valence-electron chi connectivity index (χ0n) is 11.8. The molecule has 0 amide bonds. The minimum absolute atomic E-state index is 0.655. The van der Waals surface area contributed by atoms with E-state index in [0.717, 1.165) is 40.0 Å². The fourth-order valence-corrected chi connectivity index (χ4v) is 3.06. The Balaban J connectivity index is 2.13. The lowest BCUT2D eigenvalue weighted by atomic mass is 9.96. The molecule has 0 atom stereocenters. The normalized spacial score (nSPS) is 14.2. The summed E-state index contributed by atoms with van der Waals surface area (Å²) in [5, 5.41) is 0. The number of aryl methyl sites for hydroxylation is 3. The lowest BCUT2D eigenvalue weighted by Gasteiger charge is -2.17. The molecule has 0 spiro atoms. The first-order valence-electron chi connectivity index (χ1n) is 6.98. The second-order valence-corrected chi connectivity index (χ2v) is 6.28. The average Bonchev–Trinajstić information content (AvgIpc) is 2.44. The van der Waals surface area contributed by atoms with Crippen molar-refractivity contribution in [3.05, 3.63) is 39.0 Å². The summed E-state index contributed by atoms with van der Waals surface area (Å²) in [5.41, 5.74) is 11.9. The van der Waals surface area contributed by atoms with Crippen LogP contribution in [0.5, 0.6) is 0 Å². The number of rotatable bonds is 1. The number of hydrogen-bond donors (Lipinski definition) is 1. The van der Waals surface area contributed by atoms with Gasteiger partial charge in [-0.05, 0) is 62.8 Å². The fraction of sp³-hybridized carbons (Fsp3) is 0.375. The number of nitrogen functional groups attached to an aromatic ring is 1. The van der Waals surface area contributed by atoms with Gasteiger partial charge in [0.25, 0.3) is 0 Å². The molecule has 0 saturated heterocycles. The molecule has 1 aromatic heterocycles. The van der Waals surface area contributed by atoms with E-state index in [1.165, 1.54) is 24.0 Å². The summed E-state index contributed by atoms with van der Waals surface area (Å²) in [6.07, 6.45) is 4.42. The number of nitrogens with two attached hydrogens (primary N) is 1. The van der Waals surface area contributed by atoms with Gasteiger partial charge in [0.1, 0.15) is 5.82 Å². The van der Waals surface area contributed by atoms with E-state index in [2.05, 4.69) is 46.9 Å². The van der Waals surface area contributed by atoms with Gasteiger partial charge in [0.15, 0.2) is 5.82 Å². The number of anilines is 1. The van der Waals surface area contributed by atoms with Crippen molar-refractivity contribution in [1.29, 1.82) is 0 Å². The Labute approximate surface area is 127 Å². The molecular formula is C16H18BrN3. The molecule has 0 saturated carbocycles. The predicted octanol–water partition coefficient (Wildman–Crippen LogP) is 3.98. The lowest BCUT2D eigenvalue weighted by Crippen LogP contribution is -2.11. The molecule has 2 aromatic rings. The van der Waals surface area contributed by atoms with E-state index in [0.29, 0.717) is 5.82 Å². The van der Waals surface area contributed by atoms with Gasteiger partial charge in [0.2, 0.25) is 0 Å². The van der Waals surface area contributed by atoms with Gasteiger partial charge in [-0.1, -0.05) is 15.9 Å². The molecule has 3 rings (SSSR count). The van der Waals surface area contributed by atoms with Crippen molar-refractivity contribution in [2.24, 2.45) is 0 Å². The van der Waals surface area contributed by atoms with E-state index >= 15 is 0 Å². The van der Waals surface area contributed by atoms with Crippen molar-refractivity contribution in [1.82, 2.24) is 9.97 Å². The fourth-order valence-electron chi connectivity index (χ4n) is 2.83. The number of fused-ring (bicyclic) bond motifs is 1. The number of aromatic nitrogens is 2. The van der Waals surface area contributed by atoms with Crippen LogP contribution in [-0.4, -0.2) is 9.97 Å². The first-order valence-corrected chi connectivity index (χ1v) is 7.78. The topological polar surface area (TPSA) is 51.8 Å². The van der Waals surface area contributed by atoms with Crippen LogP contribution in [0.2, 0.25) is 0 Å². The highest BCUT2D eigenvalue weighted by Gasteiger charge is 2.17. The van der Waals surface area contributed by atoms with E-state index in [4.69, 9.17) is 10.7 Å². The monoisotopic (exact) mass is 331 g/mol. The van der Waals surface area contributed by atoms with E-state index < -0.39 is 0 Å². The Hall–Kier alpha value is -1.42. The Morgan fingerprint density at radius 3 is 2.40 bits per heavy atom. The van der Waals surface area contributed by atoms with Crippen LogP contribution in [0, 0.1) is 13.8 Å². The molecule has 1 aromatic carbocycles. The Morgan fingerprint density at radius 1 is 1.05 bits per heavy atom. The smallest absolute Gasteiger partial charge is 0.161 e. The summed E-state index contributed by atoms with van der Waals surface area (Å²) >= 11 is 3.59. The standard InChI is InChI=1S/C16H18BrN3/c1-9-7-11(8-10(2)14(9)17)16-19-13-6-4-3-5-12(13)15(18)20-16/h7-8H,3-6H2,1-2H3,(H2,18,19,20). The van der Waals surface area contributed by atoms with E-state index in [9.17, 15) is 0 Å². The summed E-state index contributed by atoms with van der Waals surface area (Å²) in [7, 11) is 0. The number of nitrogens with zero attached hydrogens (tertiary/aromatic N) is 2.